The highest BCUT2D eigenvalue weighted by molar-refractivity contribution is 5.95. The number of rotatable bonds is 3. The Morgan fingerprint density at radius 2 is 2.14 bits per heavy atom. The van der Waals surface area contributed by atoms with Crippen molar-refractivity contribution in [3.05, 3.63) is 71.9 Å². The Hall–Kier alpha value is -3.08. The van der Waals surface area contributed by atoms with E-state index in [1.165, 1.54) is 16.8 Å². The summed E-state index contributed by atoms with van der Waals surface area (Å²) < 4.78 is 6.20. The van der Waals surface area contributed by atoms with Crippen LogP contribution in [0.15, 0.2) is 59.5 Å². The highest BCUT2D eigenvalue weighted by atomic mass is 16.3. The van der Waals surface area contributed by atoms with Crippen molar-refractivity contribution in [3.8, 4) is 5.75 Å². The topological polar surface area (TPSA) is 68.3 Å². The van der Waals surface area contributed by atoms with Gasteiger partial charge in [0.1, 0.15) is 5.75 Å². The Labute approximate surface area is 120 Å². The van der Waals surface area contributed by atoms with E-state index in [4.69, 9.17) is 4.42 Å². The molecule has 0 aliphatic heterocycles. The van der Waals surface area contributed by atoms with Crippen LogP contribution in [-0.2, 0) is 0 Å². The second-order valence-corrected chi connectivity index (χ2v) is 4.43. The number of hydrogen-bond donors (Lipinski definition) is 1. The summed E-state index contributed by atoms with van der Waals surface area (Å²) in [5.74, 6) is -0.248. The van der Waals surface area contributed by atoms with Gasteiger partial charge in [-0.25, -0.2) is 4.68 Å². The van der Waals surface area contributed by atoms with Gasteiger partial charge in [-0.1, -0.05) is 6.07 Å². The lowest BCUT2D eigenvalue weighted by atomic mass is 10.2. The molecule has 0 saturated heterocycles. The molecule has 0 saturated carbocycles. The van der Waals surface area contributed by atoms with Crippen LogP contribution in [0.4, 0.5) is 0 Å². The minimum absolute atomic E-state index is 0.0492. The van der Waals surface area contributed by atoms with Crippen molar-refractivity contribution in [2.45, 2.75) is 0 Å². The molecule has 5 heteroatoms. The maximum Gasteiger partial charge on any atom is 0.278 e. The van der Waals surface area contributed by atoms with Crippen molar-refractivity contribution in [2.75, 3.05) is 0 Å². The third kappa shape index (κ3) is 2.92. The monoisotopic (exact) mass is 280 g/mol. The molecule has 0 aliphatic carbocycles. The molecule has 21 heavy (non-hydrogen) atoms. The number of furan rings is 1. The van der Waals surface area contributed by atoms with E-state index in [1.807, 2.05) is 12.1 Å². The van der Waals surface area contributed by atoms with Crippen LogP contribution in [0.1, 0.15) is 21.6 Å². The SMILES string of the molecule is O=C(c1cccc(O)c1)n1ccc(C=Cc2ccoc2)n1. The standard InChI is InChI=1S/C16H12N2O3/c19-15-3-1-2-13(10-15)16(20)18-8-6-14(17-18)5-4-12-7-9-21-11-12/h1-11,19H. The van der Waals surface area contributed by atoms with Crippen LogP contribution >= 0.6 is 0 Å². The maximum atomic E-state index is 12.2. The third-order valence-corrected chi connectivity index (χ3v) is 2.90. The summed E-state index contributed by atoms with van der Waals surface area (Å²) in [7, 11) is 0. The summed E-state index contributed by atoms with van der Waals surface area (Å²) in [6.07, 6.45) is 8.42. The minimum Gasteiger partial charge on any atom is -0.508 e. The molecule has 2 aromatic heterocycles. The molecule has 1 N–H and O–H groups in total. The molecule has 0 spiro atoms. The van der Waals surface area contributed by atoms with Crippen LogP contribution in [-0.4, -0.2) is 20.8 Å². The molecule has 0 unspecified atom stereocenters. The molecule has 0 fully saturated rings. The van der Waals surface area contributed by atoms with E-state index in [9.17, 15) is 9.90 Å². The first-order valence-corrected chi connectivity index (χ1v) is 6.32. The number of phenols is 1. The highest BCUT2D eigenvalue weighted by Crippen LogP contribution is 2.13. The summed E-state index contributed by atoms with van der Waals surface area (Å²) in [5.41, 5.74) is 1.96. The maximum absolute atomic E-state index is 12.2. The fraction of sp³-hybridized carbons (Fsp3) is 0. The van der Waals surface area contributed by atoms with Crippen LogP contribution in [0, 0.1) is 0 Å². The number of aromatic hydroxyl groups is 1. The Bertz CT molecular complexity index is 785. The van der Waals surface area contributed by atoms with E-state index in [0.29, 0.717) is 11.3 Å². The first-order valence-electron chi connectivity index (χ1n) is 6.32. The number of phenolic OH excluding ortho intramolecular Hbond substituents is 1. The number of nitrogens with zero attached hydrogens (tertiary/aromatic N) is 2. The number of hydrogen-bond acceptors (Lipinski definition) is 4. The predicted molar refractivity (Wildman–Crippen MR) is 77.7 cm³/mol. The van der Waals surface area contributed by atoms with Gasteiger partial charge in [-0.3, -0.25) is 4.79 Å². The summed E-state index contributed by atoms with van der Waals surface area (Å²) in [6.45, 7) is 0. The van der Waals surface area contributed by atoms with Crippen LogP contribution in [0.3, 0.4) is 0 Å². The Morgan fingerprint density at radius 1 is 1.24 bits per heavy atom. The van der Waals surface area contributed by atoms with E-state index >= 15 is 0 Å². The van der Waals surface area contributed by atoms with Crippen molar-refractivity contribution >= 4 is 18.1 Å². The predicted octanol–water partition coefficient (Wildman–Crippen LogP) is 3.04. The molecule has 0 aliphatic rings. The second kappa shape index (κ2) is 5.50. The first-order chi connectivity index (χ1) is 10.2. The van der Waals surface area contributed by atoms with Gasteiger partial charge in [0.15, 0.2) is 0 Å². The number of carbonyl (C=O) groups is 1. The van der Waals surface area contributed by atoms with Crippen LogP contribution in [0.2, 0.25) is 0 Å². The molecule has 2 heterocycles. The molecular formula is C16H12N2O3. The third-order valence-electron chi connectivity index (χ3n) is 2.90. The van der Waals surface area contributed by atoms with Gasteiger partial charge in [-0.2, -0.15) is 5.10 Å². The minimum atomic E-state index is -0.297. The molecule has 0 radical (unpaired) electrons. The molecule has 5 nitrogen and oxygen atoms in total. The van der Waals surface area contributed by atoms with Crippen molar-refractivity contribution in [1.29, 1.82) is 0 Å². The van der Waals surface area contributed by atoms with Gasteiger partial charge in [-0.05, 0) is 42.5 Å². The lowest BCUT2D eigenvalue weighted by molar-refractivity contribution is 0.0944. The summed E-state index contributed by atoms with van der Waals surface area (Å²) in [5, 5.41) is 13.6. The first kappa shape index (κ1) is 12.9. The van der Waals surface area contributed by atoms with Crippen LogP contribution < -0.4 is 0 Å². The largest absolute Gasteiger partial charge is 0.508 e. The average molecular weight is 280 g/mol. The zero-order chi connectivity index (χ0) is 14.7. The van der Waals surface area contributed by atoms with E-state index in [0.717, 1.165) is 5.56 Å². The Kier molecular flexibility index (Phi) is 3.39. The molecule has 3 aromatic rings. The zero-order valence-electron chi connectivity index (χ0n) is 11.0. The van der Waals surface area contributed by atoms with Gasteiger partial charge in [0.2, 0.25) is 0 Å². The molecule has 104 valence electrons. The Morgan fingerprint density at radius 3 is 2.90 bits per heavy atom. The van der Waals surface area contributed by atoms with Gasteiger partial charge in [0, 0.05) is 17.3 Å². The molecular weight excluding hydrogens is 268 g/mol. The fourth-order valence-electron chi connectivity index (χ4n) is 1.86. The van der Waals surface area contributed by atoms with Gasteiger partial charge in [-0.15, -0.1) is 0 Å². The van der Waals surface area contributed by atoms with E-state index in [1.54, 1.807) is 43.0 Å². The molecule has 0 bridgehead atoms. The number of aromatic nitrogens is 2. The summed E-state index contributed by atoms with van der Waals surface area (Å²) in [6, 6.07) is 9.73. The van der Waals surface area contributed by atoms with Crippen LogP contribution in [0.25, 0.3) is 12.2 Å². The van der Waals surface area contributed by atoms with E-state index in [2.05, 4.69) is 5.10 Å². The van der Waals surface area contributed by atoms with Gasteiger partial charge < -0.3 is 9.52 Å². The van der Waals surface area contributed by atoms with Crippen LogP contribution in [0.5, 0.6) is 5.75 Å². The molecule has 1 aromatic carbocycles. The normalized spacial score (nSPS) is 11.0. The quantitative estimate of drug-likeness (QED) is 0.800. The zero-order valence-corrected chi connectivity index (χ0v) is 11.0. The summed E-state index contributed by atoms with van der Waals surface area (Å²) >= 11 is 0. The molecule has 0 amide bonds. The molecule has 3 rings (SSSR count). The van der Waals surface area contributed by atoms with E-state index < -0.39 is 0 Å². The fourth-order valence-corrected chi connectivity index (χ4v) is 1.86. The van der Waals surface area contributed by atoms with Gasteiger partial charge in [0.25, 0.3) is 5.91 Å². The summed E-state index contributed by atoms with van der Waals surface area (Å²) in [4.78, 5) is 12.2. The van der Waals surface area contributed by atoms with Crippen molar-refractivity contribution in [3.63, 3.8) is 0 Å². The second-order valence-electron chi connectivity index (χ2n) is 4.43. The number of carbonyl (C=O) groups excluding carboxylic acids is 1. The Balaban J connectivity index is 1.80. The van der Waals surface area contributed by atoms with Gasteiger partial charge >= 0.3 is 0 Å². The lowest BCUT2D eigenvalue weighted by Gasteiger charge is -2.00. The molecule has 0 atom stereocenters. The van der Waals surface area contributed by atoms with E-state index in [-0.39, 0.29) is 11.7 Å². The van der Waals surface area contributed by atoms with Crippen molar-refractivity contribution < 1.29 is 14.3 Å². The smallest absolute Gasteiger partial charge is 0.278 e. The highest BCUT2D eigenvalue weighted by Gasteiger charge is 2.09. The lowest BCUT2D eigenvalue weighted by Crippen LogP contribution is -2.12. The number of benzene rings is 1. The van der Waals surface area contributed by atoms with Crippen molar-refractivity contribution in [1.82, 2.24) is 9.78 Å². The van der Waals surface area contributed by atoms with Crippen molar-refractivity contribution in [2.24, 2.45) is 0 Å². The van der Waals surface area contributed by atoms with Gasteiger partial charge in [0.05, 0.1) is 18.2 Å². The average Bonchev–Trinajstić information content (AvgIpc) is 3.16.